The van der Waals surface area contributed by atoms with Crippen LogP contribution in [0, 0.1) is 6.92 Å². The van der Waals surface area contributed by atoms with Gasteiger partial charge >= 0.3 is 0 Å². The predicted octanol–water partition coefficient (Wildman–Crippen LogP) is 5.50. The summed E-state index contributed by atoms with van der Waals surface area (Å²) in [5.74, 6) is -0.699. The molecule has 1 aliphatic rings. The fourth-order valence-electron chi connectivity index (χ4n) is 5.21. The molecule has 7 nitrogen and oxygen atoms in total. The van der Waals surface area contributed by atoms with E-state index >= 15 is 0 Å². The van der Waals surface area contributed by atoms with Gasteiger partial charge in [0.15, 0.2) is 0 Å². The van der Waals surface area contributed by atoms with Gasteiger partial charge in [-0.15, -0.1) is 0 Å². The number of carbonyl (C=O) groups is 2. The third-order valence-corrected chi connectivity index (χ3v) is 8.88. The molecule has 1 unspecified atom stereocenters. The highest BCUT2D eigenvalue weighted by molar-refractivity contribution is 7.92. The molecule has 1 N–H and O–H groups in total. The predicted molar refractivity (Wildman–Crippen MR) is 164 cm³/mol. The van der Waals surface area contributed by atoms with Crippen LogP contribution in [0.2, 0.25) is 5.02 Å². The third kappa shape index (κ3) is 8.81. The molecule has 0 aliphatic heterocycles. The number of sulfonamides is 1. The quantitative estimate of drug-likeness (QED) is 0.317. The molecule has 0 heterocycles. The first kappa shape index (κ1) is 30.6. The molecule has 3 aromatic rings. The van der Waals surface area contributed by atoms with Gasteiger partial charge in [-0.2, -0.15) is 0 Å². The number of halogens is 1. The summed E-state index contributed by atoms with van der Waals surface area (Å²) < 4.78 is 26.9. The van der Waals surface area contributed by atoms with Gasteiger partial charge in [-0.3, -0.25) is 13.9 Å². The van der Waals surface area contributed by atoms with Crippen molar-refractivity contribution in [3.63, 3.8) is 0 Å². The molecule has 1 aliphatic carbocycles. The van der Waals surface area contributed by atoms with Gasteiger partial charge in [-0.1, -0.05) is 91.0 Å². The minimum atomic E-state index is -3.80. The molecule has 0 aromatic heterocycles. The van der Waals surface area contributed by atoms with Crippen LogP contribution in [0.5, 0.6) is 0 Å². The number of nitrogens with one attached hydrogen (secondary N) is 1. The number of hydrogen-bond acceptors (Lipinski definition) is 4. The zero-order valence-corrected chi connectivity index (χ0v) is 25.2. The summed E-state index contributed by atoms with van der Waals surface area (Å²) >= 11 is 6.12. The van der Waals surface area contributed by atoms with Gasteiger partial charge in [0, 0.05) is 24.0 Å². The van der Waals surface area contributed by atoms with Gasteiger partial charge < -0.3 is 10.2 Å². The van der Waals surface area contributed by atoms with Crippen molar-refractivity contribution < 1.29 is 18.0 Å². The lowest BCUT2D eigenvalue weighted by Gasteiger charge is -2.35. The summed E-state index contributed by atoms with van der Waals surface area (Å²) in [6, 6.07) is 22.9. The number of anilines is 1. The topological polar surface area (TPSA) is 86.8 Å². The normalized spacial score (nSPS) is 14.7. The lowest BCUT2D eigenvalue weighted by molar-refractivity contribution is -0.140. The average Bonchev–Trinajstić information content (AvgIpc) is 2.95. The molecule has 0 spiro atoms. The summed E-state index contributed by atoms with van der Waals surface area (Å²) in [6.07, 6.45) is 6.46. The Labute approximate surface area is 248 Å². The summed E-state index contributed by atoms with van der Waals surface area (Å²) in [4.78, 5) is 29.6. The first-order valence-corrected chi connectivity index (χ1v) is 16.3. The van der Waals surface area contributed by atoms with Crippen molar-refractivity contribution in [3.05, 3.63) is 101 Å². The second-order valence-electron chi connectivity index (χ2n) is 10.8. The first-order valence-electron chi connectivity index (χ1n) is 14.0. The maximum Gasteiger partial charge on any atom is 0.244 e. The second kappa shape index (κ2) is 14.0. The molecule has 0 bridgehead atoms. The summed E-state index contributed by atoms with van der Waals surface area (Å²) in [5.41, 5.74) is 3.06. The number of benzene rings is 3. The highest BCUT2D eigenvalue weighted by Gasteiger charge is 2.34. The fourth-order valence-corrected chi connectivity index (χ4v) is 6.19. The van der Waals surface area contributed by atoms with Gasteiger partial charge in [0.05, 0.1) is 11.9 Å². The van der Waals surface area contributed by atoms with E-state index < -0.39 is 28.5 Å². The van der Waals surface area contributed by atoms with Gasteiger partial charge in [-0.25, -0.2) is 8.42 Å². The number of hydrogen-bond donors (Lipinski definition) is 1. The summed E-state index contributed by atoms with van der Waals surface area (Å²) in [6.45, 7) is 1.60. The number of rotatable bonds is 11. The van der Waals surface area contributed by atoms with Crippen molar-refractivity contribution in [2.24, 2.45) is 0 Å². The lowest BCUT2D eigenvalue weighted by atomic mass is 9.94. The molecular weight excluding hydrogens is 558 g/mol. The van der Waals surface area contributed by atoms with Gasteiger partial charge in [0.25, 0.3) is 0 Å². The molecular formula is C32H38ClN3O4S. The smallest absolute Gasteiger partial charge is 0.244 e. The Hall–Kier alpha value is -3.36. The van der Waals surface area contributed by atoms with Crippen molar-refractivity contribution in [3.8, 4) is 0 Å². The molecule has 1 atom stereocenters. The van der Waals surface area contributed by atoms with E-state index in [1.807, 2.05) is 49.4 Å². The summed E-state index contributed by atoms with van der Waals surface area (Å²) in [5, 5.41) is 3.77. The Morgan fingerprint density at radius 3 is 2.15 bits per heavy atom. The van der Waals surface area contributed by atoms with E-state index in [1.54, 1.807) is 36.4 Å². The van der Waals surface area contributed by atoms with Crippen LogP contribution in [-0.2, 0) is 32.6 Å². The molecule has 0 radical (unpaired) electrons. The largest absolute Gasteiger partial charge is 0.352 e. The second-order valence-corrected chi connectivity index (χ2v) is 13.1. The van der Waals surface area contributed by atoms with E-state index in [2.05, 4.69) is 5.32 Å². The van der Waals surface area contributed by atoms with Crippen molar-refractivity contribution in [1.29, 1.82) is 0 Å². The Morgan fingerprint density at radius 2 is 1.54 bits per heavy atom. The van der Waals surface area contributed by atoms with Crippen LogP contribution in [-0.4, -0.2) is 50.0 Å². The van der Waals surface area contributed by atoms with E-state index in [0.29, 0.717) is 17.1 Å². The van der Waals surface area contributed by atoms with Crippen LogP contribution in [0.4, 0.5) is 5.69 Å². The van der Waals surface area contributed by atoms with Gasteiger partial charge in [0.2, 0.25) is 21.8 Å². The van der Waals surface area contributed by atoms with E-state index in [0.717, 1.165) is 59.4 Å². The molecule has 9 heteroatoms. The fraction of sp³-hybridized carbons (Fsp3) is 0.375. The lowest BCUT2D eigenvalue weighted by Crippen LogP contribution is -2.55. The first-order chi connectivity index (χ1) is 19.6. The van der Waals surface area contributed by atoms with E-state index in [1.165, 1.54) is 4.90 Å². The molecule has 0 saturated heterocycles. The Bertz CT molecular complexity index is 1410. The van der Waals surface area contributed by atoms with Gasteiger partial charge in [0.1, 0.15) is 12.6 Å². The van der Waals surface area contributed by atoms with Crippen LogP contribution in [0.25, 0.3) is 0 Å². The van der Waals surface area contributed by atoms with E-state index in [-0.39, 0.29) is 18.5 Å². The maximum atomic E-state index is 14.2. The van der Waals surface area contributed by atoms with Crippen LogP contribution < -0.4 is 9.62 Å². The molecule has 41 heavy (non-hydrogen) atoms. The Morgan fingerprint density at radius 1 is 0.902 bits per heavy atom. The minimum Gasteiger partial charge on any atom is -0.352 e. The number of nitrogens with zero attached hydrogens (tertiary/aromatic N) is 2. The van der Waals surface area contributed by atoms with Crippen molar-refractivity contribution >= 4 is 39.1 Å². The highest BCUT2D eigenvalue weighted by Crippen LogP contribution is 2.23. The zero-order valence-electron chi connectivity index (χ0n) is 23.6. The molecule has 1 saturated carbocycles. The summed E-state index contributed by atoms with van der Waals surface area (Å²) in [7, 11) is -3.80. The molecule has 1 fully saturated rings. The van der Waals surface area contributed by atoms with Crippen LogP contribution in [0.1, 0.15) is 48.8 Å². The zero-order chi connectivity index (χ0) is 29.4. The average molecular weight is 596 g/mol. The molecule has 3 aromatic carbocycles. The number of carbonyl (C=O) groups excluding carboxylic acids is 2. The van der Waals surface area contributed by atoms with E-state index in [4.69, 9.17) is 11.6 Å². The SMILES string of the molecule is Cc1ccc(N(CC(=O)N(Cc2ccc(Cl)cc2)C(Cc2ccccc2)C(=O)NC2CCCCC2)S(C)(=O)=O)cc1. The number of amides is 2. The molecule has 218 valence electrons. The van der Waals surface area contributed by atoms with Crippen LogP contribution in [0.3, 0.4) is 0 Å². The van der Waals surface area contributed by atoms with Gasteiger partial charge in [-0.05, 0) is 55.2 Å². The van der Waals surface area contributed by atoms with Crippen LogP contribution >= 0.6 is 11.6 Å². The minimum absolute atomic E-state index is 0.0575. The van der Waals surface area contributed by atoms with Crippen molar-refractivity contribution in [2.45, 2.75) is 64.1 Å². The monoisotopic (exact) mass is 595 g/mol. The number of aryl methyl sites for hydroxylation is 1. The maximum absolute atomic E-state index is 14.2. The van der Waals surface area contributed by atoms with E-state index in [9.17, 15) is 18.0 Å². The van der Waals surface area contributed by atoms with Crippen molar-refractivity contribution in [1.82, 2.24) is 10.2 Å². The van der Waals surface area contributed by atoms with Crippen LogP contribution in [0.15, 0.2) is 78.9 Å². The third-order valence-electron chi connectivity index (χ3n) is 7.49. The Kier molecular flexibility index (Phi) is 10.5. The molecule has 2 amide bonds. The van der Waals surface area contributed by atoms with Crippen molar-refractivity contribution in [2.75, 3.05) is 17.1 Å². The molecule has 4 rings (SSSR count). The standard InChI is InChI=1S/C32H38ClN3O4S/c1-24-13-19-29(20-14-24)36(41(2,39)40)23-31(37)35(22-26-15-17-27(33)18-16-26)30(21-25-9-5-3-6-10-25)32(38)34-28-11-7-4-8-12-28/h3,5-6,9-10,13-20,28,30H,4,7-8,11-12,21-23H2,1-2H3,(H,34,38). The Balaban J connectivity index is 1.71. The highest BCUT2D eigenvalue weighted by atomic mass is 35.5.